The molecule has 5 nitrogen and oxygen atoms in total. The molecule has 0 unspecified atom stereocenters. The van der Waals surface area contributed by atoms with Crippen LogP contribution in [-0.4, -0.2) is 22.2 Å². The van der Waals surface area contributed by atoms with Gasteiger partial charge < -0.3 is 14.8 Å². The van der Waals surface area contributed by atoms with Crippen LogP contribution in [0.2, 0.25) is 0 Å². The highest BCUT2D eigenvalue weighted by atomic mass is 16.5. The minimum absolute atomic E-state index is 0.0979. The molecule has 2 heterocycles. The van der Waals surface area contributed by atoms with Gasteiger partial charge in [0.1, 0.15) is 23.2 Å². The predicted molar refractivity (Wildman–Crippen MR) is 84.1 cm³/mol. The molecule has 0 atom stereocenters. The molecule has 3 aromatic rings. The summed E-state index contributed by atoms with van der Waals surface area (Å²) in [6.45, 7) is 0. The van der Waals surface area contributed by atoms with Gasteiger partial charge in [-0.1, -0.05) is 0 Å². The van der Waals surface area contributed by atoms with Gasteiger partial charge in [-0.2, -0.15) is 5.26 Å². The van der Waals surface area contributed by atoms with E-state index < -0.39 is 0 Å². The minimum Gasteiger partial charge on any atom is -0.506 e. The molecule has 3 rings (SSSR count). The number of nitriles is 1. The normalized spacial score (nSPS) is 11.8. The van der Waals surface area contributed by atoms with E-state index in [-0.39, 0.29) is 11.3 Å². The number of rotatable bonds is 3. The lowest BCUT2D eigenvalue weighted by Crippen LogP contribution is -1.90. The number of nitrogens with zero attached hydrogens (tertiary/aromatic N) is 2. The topological polar surface area (TPSA) is 81.9 Å². The number of methoxy groups -OCH3 is 1. The molecule has 2 N–H and O–H groups in total. The summed E-state index contributed by atoms with van der Waals surface area (Å²) in [7, 11) is 1.58. The SMILES string of the molecule is COc1ccc2[nH]cc(/C(C#N)=C(\O)c3cccnc3)c2c1. The fraction of sp³-hybridized carbons (Fsp3) is 0.0588. The number of fused-ring (bicyclic) bond motifs is 1. The molecule has 22 heavy (non-hydrogen) atoms. The Kier molecular flexibility index (Phi) is 3.50. The monoisotopic (exact) mass is 291 g/mol. The molecule has 0 aliphatic rings. The van der Waals surface area contributed by atoms with Crippen molar-refractivity contribution in [1.82, 2.24) is 9.97 Å². The third-order valence-corrected chi connectivity index (χ3v) is 3.44. The Morgan fingerprint density at radius 2 is 2.23 bits per heavy atom. The number of pyridine rings is 1. The van der Waals surface area contributed by atoms with E-state index >= 15 is 0 Å². The molecule has 0 bridgehead atoms. The van der Waals surface area contributed by atoms with Gasteiger partial charge in [-0.15, -0.1) is 0 Å². The minimum atomic E-state index is -0.0979. The second kappa shape index (κ2) is 5.62. The maximum Gasteiger partial charge on any atom is 0.142 e. The Morgan fingerprint density at radius 1 is 1.36 bits per heavy atom. The highest BCUT2D eigenvalue weighted by Crippen LogP contribution is 2.31. The summed E-state index contributed by atoms with van der Waals surface area (Å²) in [5, 5.41) is 20.7. The number of benzene rings is 1. The van der Waals surface area contributed by atoms with E-state index in [0.717, 1.165) is 10.9 Å². The zero-order valence-electron chi connectivity index (χ0n) is 11.9. The summed E-state index contributed by atoms with van der Waals surface area (Å²) in [5.74, 6) is 0.589. The van der Waals surface area contributed by atoms with Gasteiger partial charge in [0.05, 0.1) is 7.11 Å². The van der Waals surface area contributed by atoms with Gasteiger partial charge in [-0.25, -0.2) is 0 Å². The molecule has 0 saturated carbocycles. The molecule has 108 valence electrons. The molecule has 1 aromatic carbocycles. The van der Waals surface area contributed by atoms with E-state index in [1.54, 1.807) is 31.6 Å². The lowest BCUT2D eigenvalue weighted by atomic mass is 10.0. The molecule has 0 aliphatic heterocycles. The number of aromatic amines is 1. The average molecular weight is 291 g/mol. The molecule has 5 heteroatoms. The van der Waals surface area contributed by atoms with Crippen LogP contribution in [0.15, 0.2) is 48.9 Å². The van der Waals surface area contributed by atoms with Crippen LogP contribution in [0, 0.1) is 11.3 Å². The van der Waals surface area contributed by atoms with Crippen molar-refractivity contribution >= 4 is 22.2 Å². The van der Waals surface area contributed by atoms with E-state index in [4.69, 9.17) is 4.74 Å². The molecule has 0 aliphatic carbocycles. The molecule has 0 radical (unpaired) electrons. The highest BCUT2D eigenvalue weighted by Gasteiger charge is 2.15. The maximum atomic E-state index is 10.4. The zero-order valence-corrected chi connectivity index (χ0v) is 11.9. The van der Waals surface area contributed by atoms with E-state index in [1.807, 2.05) is 18.2 Å². The predicted octanol–water partition coefficient (Wildman–Crippen LogP) is 3.52. The van der Waals surface area contributed by atoms with Crippen molar-refractivity contribution in [2.45, 2.75) is 0 Å². The van der Waals surface area contributed by atoms with E-state index in [2.05, 4.69) is 16.0 Å². The Bertz CT molecular complexity index is 889. The standard InChI is InChI=1S/C17H13N3O2/c1-22-12-4-5-16-13(7-12)15(10-20-16)14(8-18)17(21)11-3-2-6-19-9-11/h2-7,9-10,20-21H,1H3/b17-14-. The van der Waals surface area contributed by atoms with Crippen LogP contribution >= 0.6 is 0 Å². The van der Waals surface area contributed by atoms with Gasteiger partial charge >= 0.3 is 0 Å². The van der Waals surface area contributed by atoms with Crippen molar-refractivity contribution in [3.8, 4) is 11.8 Å². The Balaban J connectivity index is 2.22. The van der Waals surface area contributed by atoms with Crippen molar-refractivity contribution in [1.29, 1.82) is 5.26 Å². The third-order valence-electron chi connectivity index (χ3n) is 3.44. The third kappa shape index (κ3) is 2.27. The summed E-state index contributed by atoms with van der Waals surface area (Å²) < 4.78 is 5.22. The fourth-order valence-electron chi connectivity index (χ4n) is 2.32. The molecule has 2 aromatic heterocycles. The van der Waals surface area contributed by atoms with Gasteiger partial charge in [0.2, 0.25) is 0 Å². The van der Waals surface area contributed by atoms with Crippen molar-refractivity contribution in [3.63, 3.8) is 0 Å². The number of hydrogen-bond donors (Lipinski definition) is 2. The number of aliphatic hydroxyl groups excluding tert-OH is 1. The number of H-pyrrole nitrogens is 1. The van der Waals surface area contributed by atoms with E-state index in [9.17, 15) is 10.4 Å². The van der Waals surface area contributed by atoms with Gasteiger partial charge in [0, 0.05) is 40.6 Å². The summed E-state index contributed by atoms with van der Waals surface area (Å²) in [5.41, 5.74) is 2.17. The van der Waals surface area contributed by atoms with Gasteiger partial charge in [0.25, 0.3) is 0 Å². The summed E-state index contributed by atoms with van der Waals surface area (Å²) in [6.07, 6.45) is 4.83. The Morgan fingerprint density at radius 3 is 2.91 bits per heavy atom. The van der Waals surface area contributed by atoms with Crippen molar-refractivity contribution in [2.75, 3.05) is 7.11 Å². The summed E-state index contributed by atoms with van der Waals surface area (Å²) in [4.78, 5) is 7.06. The van der Waals surface area contributed by atoms with Crippen LogP contribution in [0.5, 0.6) is 5.75 Å². The fourth-order valence-corrected chi connectivity index (χ4v) is 2.32. The first kappa shape index (κ1) is 13.7. The maximum absolute atomic E-state index is 10.4. The average Bonchev–Trinajstić information content (AvgIpc) is 2.99. The van der Waals surface area contributed by atoms with Crippen molar-refractivity contribution in [3.05, 3.63) is 60.0 Å². The first-order valence-corrected chi connectivity index (χ1v) is 6.64. The molecule has 0 saturated heterocycles. The van der Waals surface area contributed by atoms with Crippen LogP contribution in [0.3, 0.4) is 0 Å². The lowest BCUT2D eigenvalue weighted by molar-refractivity contribution is 0.415. The lowest BCUT2D eigenvalue weighted by Gasteiger charge is -2.04. The van der Waals surface area contributed by atoms with Crippen LogP contribution in [0.25, 0.3) is 22.2 Å². The summed E-state index contributed by atoms with van der Waals surface area (Å²) >= 11 is 0. The Labute approximate surface area is 127 Å². The Hall–Kier alpha value is -3.26. The van der Waals surface area contributed by atoms with Crippen LogP contribution < -0.4 is 4.74 Å². The van der Waals surface area contributed by atoms with E-state index in [0.29, 0.717) is 16.9 Å². The van der Waals surface area contributed by atoms with Gasteiger partial charge in [-0.05, 0) is 30.3 Å². The smallest absolute Gasteiger partial charge is 0.142 e. The molecule has 0 fully saturated rings. The quantitative estimate of drug-likeness (QED) is 0.571. The second-order valence-electron chi connectivity index (χ2n) is 4.69. The van der Waals surface area contributed by atoms with Gasteiger partial charge in [0.15, 0.2) is 0 Å². The highest BCUT2D eigenvalue weighted by molar-refractivity contribution is 6.03. The van der Waals surface area contributed by atoms with E-state index in [1.165, 1.54) is 6.20 Å². The second-order valence-corrected chi connectivity index (χ2v) is 4.69. The van der Waals surface area contributed by atoms with Crippen molar-refractivity contribution in [2.24, 2.45) is 0 Å². The number of aromatic nitrogens is 2. The molecule has 0 spiro atoms. The largest absolute Gasteiger partial charge is 0.506 e. The number of hydrogen-bond acceptors (Lipinski definition) is 4. The summed E-state index contributed by atoms with van der Waals surface area (Å²) in [6, 6.07) is 11.0. The van der Waals surface area contributed by atoms with Crippen LogP contribution in [-0.2, 0) is 0 Å². The molecular formula is C17H13N3O2. The number of ether oxygens (including phenoxy) is 1. The first-order valence-electron chi connectivity index (χ1n) is 6.64. The number of aliphatic hydroxyl groups is 1. The number of allylic oxidation sites excluding steroid dienone is 1. The van der Waals surface area contributed by atoms with Crippen LogP contribution in [0.4, 0.5) is 0 Å². The zero-order chi connectivity index (χ0) is 15.5. The first-order chi connectivity index (χ1) is 10.7. The van der Waals surface area contributed by atoms with Crippen LogP contribution in [0.1, 0.15) is 11.1 Å². The number of nitrogens with one attached hydrogen (secondary N) is 1. The molecular weight excluding hydrogens is 278 g/mol. The van der Waals surface area contributed by atoms with Crippen molar-refractivity contribution < 1.29 is 9.84 Å². The molecule has 0 amide bonds. The van der Waals surface area contributed by atoms with Gasteiger partial charge in [-0.3, -0.25) is 4.98 Å².